The lowest BCUT2D eigenvalue weighted by Gasteiger charge is -2.47. The standard InChI is InChI=1S/C38H70O12Si4/c1-39-52(40-2,18-14-27-7-10-33-36(23-27)45-33)48-51(6,17-13-30-21-31-26-32(22-30)44-31)49-54(43-5,20-16-29-9-12-35-38(25-29)47-35)50-53(41-3,42-4)19-15-28-8-11-34-37(24-28)46-34/h27-38H,7-26H2,1-6H3. The Kier molecular flexibility index (Phi) is 13.1. The van der Waals surface area contributed by atoms with E-state index in [0.29, 0.717) is 78.5 Å². The molecule has 0 N–H and O–H groups in total. The topological polar surface area (TPSA) is 121 Å². The Morgan fingerprint density at radius 2 is 0.759 bits per heavy atom. The van der Waals surface area contributed by atoms with Crippen LogP contribution in [-0.4, -0.2) is 119 Å². The van der Waals surface area contributed by atoms with Crippen molar-refractivity contribution in [2.75, 3.05) is 35.5 Å². The first-order valence-corrected chi connectivity index (χ1v) is 29.9. The molecule has 54 heavy (non-hydrogen) atoms. The summed E-state index contributed by atoms with van der Waals surface area (Å²) in [4.78, 5) is 0. The van der Waals surface area contributed by atoms with Crippen molar-refractivity contribution < 1.29 is 53.4 Å². The third-order valence-electron chi connectivity index (χ3n) is 14.6. The first-order valence-electron chi connectivity index (χ1n) is 21.6. The molecule has 9 fully saturated rings. The summed E-state index contributed by atoms with van der Waals surface area (Å²) in [6.45, 7) is 2.22. The van der Waals surface area contributed by atoms with Gasteiger partial charge in [0, 0.05) is 53.7 Å². The molecule has 9 rings (SSSR count). The van der Waals surface area contributed by atoms with Gasteiger partial charge in [0.1, 0.15) is 0 Å². The number of hydrogen-bond acceptors (Lipinski definition) is 12. The fourth-order valence-corrected chi connectivity index (χ4v) is 28.2. The van der Waals surface area contributed by atoms with E-state index in [4.69, 9.17) is 53.4 Å². The molecule has 0 amide bonds. The Labute approximate surface area is 328 Å². The number of fused-ring (bicyclic) bond motifs is 5. The Morgan fingerprint density at radius 3 is 1.17 bits per heavy atom. The molecule has 310 valence electrons. The zero-order chi connectivity index (χ0) is 37.6. The maximum absolute atomic E-state index is 7.64. The second-order valence-corrected chi connectivity index (χ2v) is 31.2. The zero-order valence-corrected chi connectivity index (χ0v) is 38.0. The van der Waals surface area contributed by atoms with Gasteiger partial charge in [-0.2, -0.15) is 0 Å². The van der Waals surface area contributed by atoms with Crippen LogP contribution in [0.3, 0.4) is 0 Å². The largest absolute Gasteiger partial charge is 0.493 e. The van der Waals surface area contributed by atoms with Crippen LogP contribution < -0.4 is 0 Å². The van der Waals surface area contributed by atoms with Gasteiger partial charge in [-0.15, -0.1) is 0 Å². The smallest absolute Gasteiger partial charge is 0.394 e. The Hall–Kier alpha value is 0.388. The molecular weight excluding hydrogens is 761 g/mol. The van der Waals surface area contributed by atoms with Crippen LogP contribution in [0.1, 0.15) is 103 Å². The first-order chi connectivity index (χ1) is 26.1. The normalized spacial score (nSPS) is 40.3. The Bertz CT molecular complexity index is 1230. The highest BCUT2D eigenvalue weighted by Gasteiger charge is 2.59. The van der Waals surface area contributed by atoms with Crippen molar-refractivity contribution in [3.63, 3.8) is 0 Å². The van der Waals surface area contributed by atoms with Crippen molar-refractivity contribution in [3.8, 4) is 0 Å². The molecule has 0 aromatic carbocycles. The minimum absolute atomic E-state index is 0.401. The van der Waals surface area contributed by atoms with Gasteiger partial charge in [0.2, 0.25) is 0 Å². The summed E-state index contributed by atoms with van der Waals surface area (Å²) in [6, 6.07) is 2.96. The summed E-state index contributed by atoms with van der Waals surface area (Å²) in [6.07, 6.45) is 21.2. The summed E-state index contributed by atoms with van der Waals surface area (Å²) >= 11 is 0. The first kappa shape index (κ1) is 41.1. The lowest BCUT2D eigenvalue weighted by Crippen LogP contribution is -2.65. The van der Waals surface area contributed by atoms with Crippen LogP contribution in [-0.2, 0) is 53.4 Å². The van der Waals surface area contributed by atoms with Crippen LogP contribution in [0.4, 0.5) is 0 Å². The van der Waals surface area contributed by atoms with Gasteiger partial charge in [0.05, 0.1) is 48.8 Å². The minimum Gasteiger partial charge on any atom is -0.394 e. The van der Waals surface area contributed by atoms with Gasteiger partial charge in [-0.3, -0.25) is 0 Å². The third kappa shape index (κ3) is 9.87. The van der Waals surface area contributed by atoms with Crippen molar-refractivity contribution in [2.24, 2.45) is 23.7 Å². The monoisotopic (exact) mass is 830 g/mol. The molecule has 4 saturated carbocycles. The fourth-order valence-electron chi connectivity index (χ4n) is 11.0. The molecule has 12 nitrogen and oxygen atoms in total. The van der Waals surface area contributed by atoms with Gasteiger partial charge in [0.25, 0.3) is 0 Å². The van der Waals surface area contributed by atoms with E-state index in [-0.39, 0.29) is 0 Å². The van der Waals surface area contributed by atoms with E-state index >= 15 is 0 Å². The summed E-state index contributed by atoms with van der Waals surface area (Å²) in [5.74, 6) is 2.29. The molecule has 9 aliphatic rings. The molecule has 4 aliphatic carbocycles. The van der Waals surface area contributed by atoms with Gasteiger partial charge < -0.3 is 53.4 Å². The van der Waals surface area contributed by atoms with Crippen LogP contribution in [0.2, 0.25) is 30.7 Å². The van der Waals surface area contributed by atoms with Crippen LogP contribution >= 0.6 is 0 Å². The molecule has 5 heterocycles. The highest BCUT2D eigenvalue weighted by atomic mass is 28.5. The molecule has 2 bridgehead atoms. The van der Waals surface area contributed by atoms with E-state index in [0.717, 1.165) is 102 Å². The number of hydrogen-bond donors (Lipinski definition) is 0. The second kappa shape index (κ2) is 17.2. The highest BCUT2D eigenvalue weighted by molar-refractivity contribution is 6.85. The quantitative estimate of drug-likeness (QED) is 0.0780. The maximum Gasteiger partial charge on any atom is 0.493 e. The van der Waals surface area contributed by atoms with Gasteiger partial charge in [0.15, 0.2) is 0 Å². The fraction of sp³-hybridized carbons (Fsp3) is 1.00. The van der Waals surface area contributed by atoms with E-state index in [1.54, 1.807) is 35.5 Å². The van der Waals surface area contributed by atoms with Crippen LogP contribution in [0.25, 0.3) is 0 Å². The lowest BCUT2D eigenvalue weighted by atomic mass is 9.79. The molecule has 0 aromatic rings. The van der Waals surface area contributed by atoms with Gasteiger partial charge in [-0.1, -0.05) is 0 Å². The number of ether oxygens (including phenoxy) is 4. The van der Waals surface area contributed by atoms with Gasteiger partial charge in [-0.05, 0) is 139 Å². The maximum atomic E-state index is 7.64. The Morgan fingerprint density at radius 1 is 0.389 bits per heavy atom. The molecule has 13 unspecified atom stereocenters. The second-order valence-electron chi connectivity index (χ2n) is 18.3. The molecule has 0 radical (unpaired) electrons. The average Bonchev–Trinajstić information content (AvgIpc) is 4.09. The minimum atomic E-state index is -3.49. The van der Waals surface area contributed by atoms with Crippen molar-refractivity contribution in [3.05, 3.63) is 0 Å². The molecule has 5 aliphatic heterocycles. The molecular formula is C38H70O12Si4. The van der Waals surface area contributed by atoms with Crippen molar-refractivity contribution in [1.82, 2.24) is 0 Å². The van der Waals surface area contributed by atoms with E-state index in [9.17, 15) is 0 Å². The SMILES string of the molecule is CO[Si](CCC1CCC2OC2C1)(OC)O[Si](C)(CCC1CC2CC(C1)O2)O[Si](CCC1CCC2OC2C1)(OC)O[Si](CCC1CCC2OC2C1)(OC)OC. The summed E-state index contributed by atoms with van der Waals surface area (Å²) in [5.41, 5.74) is 0. The van der Waals surface area contributed by atoms with Crippen LogP contribution in [0.5, 0.6) is 0 Å². The van der Waals surface area contributed by atoms with Crippen molar-refractivity contribution in [1.29, 1.82) is 0 Å². The summed E-state index contributed by atoms with van der Waals surface area (Å²) < 4.78 is 78.3. The molecule has 0 spiro atoms. The third-order valence-corrected chi connectivity index (χ3v) is 30.1. The molecule has 16 heteroatoms. The summed E-state index contributed by atoms with van der Waals surface area (Å²) in [5, 5.41) is 0. The van der Waals surface area contributed by atoms with E-state index < -0.39 is 35.0 Å². The summed E-state index contributed by atoms with van der Waals surface area (Å²) in [7, 11) is -4.18. The predicted octanol–water partition coefficient (Wildman–Crippen LogP) is 6.99. The van der Waals surface area contributed by atoms with E-state index in [1.165, 1.54) is 19.3 Å². The van der Waals surface area contributed by atoms with E-state index in [1.807, 2.05) is 0 Å². The number of rotatable bonds is 23. The van der Waals surface area contributed by atoms with Crippen LogP contribution in [0.15, 0.2) is 0 Å². The Balaban J connectivity index is 1.03. The van der Waals surface area contributed by atoms with Gasteiger partial charge >= 0.3 is 35.0 Å². The van der Waals surface area contributed by atoms with Crippen molar-refractivity contribution >= 4 is 35.0 Å². The zero-order valence-electron chi connectivity index (χ0n) is 34.0. The average molecular weight is 831 g/mol. The predicted molar refractivity (Wildman–Crippen MR) is 209 cm³/mol. The lowest BCUT2D eigenvalue weighted by molar-refractivity contribution is -0.173. The number of epoxide rings is 3. The molecule has 0 aromatic heterocycles. The van der Waals surface area contributed by atoms with E-state index in [2.05, 4.69) is 6.55 Å². The molecule has 13 atom stereocenters. The van der Waals surface area contributed by atoms with Gasteiger partial charge in [-0.25, -0.2) is 0 Å². The highest BCUT2D eigenvalue weighted by Crippen LogP contribution is 2.47. The molecule has 5 saturated heterocycles. The van der Waals surface area contributed by atoms with Crippen molar-refractivity contribution in [2.45, 2.75) is 182 Å². The van der Waals surface area contributed by atoms with Crippen LogP contribution in [0, 0.1) is 23.7 Å².